The summed E-state index contributed by atoms with van der Waals surface area (Å²) in [7, 11) is 1.88. The van der Waals surface area contributed by atoms with E-state index >= 15 is 0 Å². The van der Waals surface area contributed by atoms with Crippen molar-refractivity contribution in [2.24, 2.45) is 7.05 Å². The van der Waals surface area contributed by atoms with E-state index in [9.17, 15) is 8.78 Å². The Morgan fingerprint density at radius 3 is 2.62 bits per heavy atom. The fourth-order valence-electron chi connectivity index (χ4n) is 2.48. The average molecular weight is 503 g/mol. The van der Waals surface area contributed by atoms with E-state index in [0.29, 0.717) is 11.4 Å². The Bertz CT molecular complexity index is 1000. The quantitative estimate of drug-likeness (QED) is 0.396. The van der Waals surface area contributed by atoms with Gasteiger partial charge in [-0.2, -0.15) is 5.10 Å². The Hall–Kier alpha value is -2.44. The summed E-state index contributed by atoms with van der Waals surface area (Å²) < 4.78 is 31.0. The number of hydrogen-bond donors (Lipinski definition) is 0. The van der Waals surface area contributed by atoms with Crippen molar-refractivity contribution in [1.29, 1.82) is 0 Å². The van der Waals surface area contributed by atoms with E-state index in [2.05, 4.69) is 21.1 Å². The van der Waals surface area contributed by atoms with Gasteiger partial charge in [0.25, 0.3) is 0 Å². The molecule has 0 fully saturated rings. The van der Waals surface area contributed by atoms with Crippen molar-refractivity contribution in [1.82, 2.24) is 24.3 Å². The molecule has 0 amide bonds. The smallest absolute Gasteiger partial charge is 0.151 e. The summed E-state index contributed by atoms with van der Waals surface area (Å²) in [6, 6.07) is 10.2. The number of halogens is 2. The molecular weight excluding hydrogens is 492 g/mol. The number of hydrogen-bond acceptors (Lipinski definition) is 3. The van der Waals surface area contributed by atoms with Gasteiger partial charge < -0.3 is 4.57 Å². The van der Waals surface area contributed by atoms with E-state index in [1.807, 2.05) is 11.6 Å². The van der Waals surface area contributed by atoms with Crippen LogP contribution >= 0.6 is 0 Å². The van der Waals surface area contributed by atoms with Crippen LogP contribution in [0.5, 0.6) is 0 Å². The maximum Gasteiger partial charge on any atom is 0.151 e. The number of benzene rings is 2. The molecule has 0 bridgehead atoms. The first kappa shape index (κ1) is 16.4. The van der Waals surface area contributed by atoms with E-state index < -0.39 is 11.6 Å². The van der Waals surface area contributed by atoms with E-state index in [1.165, 1.54) is 24.5 Å². The van der Waals surface area contributed by atoms with Crippen LogP contribution in [0.3, 0.4) is 0 Å². The van der Waals surface area contributed by atoms with Crippen LogP contribution in [0.15, 0.2) is 43.0 Å². The maximum absolute atomic E-state index is 14.0. The number of aryl methyl sites for hydroxylation is 1. The molecule has 2 aromatic heterocycles. The monoisotopic (exact) mass is 503 g/mol. The zero-order valence-corrected chi connectivity index (χ0v) is 14.8. The largest absolute Gasteiger partial charge is 0.373 e. The summed E-state index contributed by atoms with van der Waals surface area (Å²) in [5.74, 6) is -1.13. The Morgan fingerprint density at radius 1 is 1.12 bits per heavy atom. The van der Waals surface area contributed by atoms with Crippen molar-refractivity contribution in [3.05, 3.63) is 60.7 Å². The molecule has 2 heterocycles. The molecule has 123 valence electrons. The molecule has 2 aromatic carbocycles. The number of nitrogens with zero attached hydrogens (tertiary/aromatic N) is 5. The van der Waals surface area contributed by atoms with Crippen molar-refractivity contribution in [3.8, 4) is 17.1 Å². The Labute approximate surface area is 149 Å². The van der Waals surface area contributed by atoms with Crippen molar-refractivity contribution in [3.63, 3.8) is 0 Å². The predicted octanol–water partition coefficient (Wildman–Crippen LogP) is 2.90. The summed E-state index contributed by atoms with van der Waals surface area (Å²) in [5, 5.41) is 3.95. The second-order valence-electron chi connectivity index (χ2n) is 5.04. The van der Waals surface area contributed by atoms with Gasteiger partial charge in [-0.05, 0) is 17.6 Å². The van der Waals surface area contributed by atoms with Gasteiger partial charge in [-0.25, -0.2) is 13.5 Å². The van der Waals surface area contributed by atoms with Crippen molar-refractivity contribution < 1.29 is 28.9 Å². The standard InChI is InChI=1S/C16H10F2N5.Ir/c1-22-9-20-13-7-10(5-6-14(13)22)16-19-8-21-23(16)15-11(17)3-2-4-12(15)18;/h2-4,6-9H,1H3;/q-1;. The molecule has 0 aliphatic rings. The maximum atomic E-state index is 14.0. The average Bonchev–Trinajstić information content (AvgIpc) is 3.14. The zero-order valence-electron chi connectivity index (χ0n) is 12.4. The van der Waals surface area contributed by atoms with Gasteiger partial charge in [0, 0.05) is 32.7 Å². The summed E-state index contributed by atoms with van der Waals surface area (Å²) in [6.07, 6.45) is 2.93. The summed E-state index contributed by atoms with van der Waals surface area (Å²) >= 11 is 0. The second kappa shape index (κ2) is 6.22. The fourth-order valence-corrected chi connectivity index (χ4v) is 2.48. The molecule has 1 radical (unpaired) electrons. The molecule has 4 aromatic rings. The normalized spacial score (nSPS) is 10.8. The number of imidazole rings is 1. The Balaban J connectivity index is 0.00000169. The third-order valence-electron chi connectivity index (χ3n) is 3.60. The van der Waals surface area contributed by atoms with Gasteiger partial charge in [0.1, 0.15) is 12.0 Å². The van der Waals surface area contributed by atoms with Gasteiger partial charge in [0.2, 0.25) is 0 Å². The number of fused-ring (bicyclic) bond motifs is 1. The predicted molar refractivity (Wildman–Crippen MR) is 79.8 cm³/mol. The van der Waals surface area contributed by atoms with Gasteiger partial charge in [-0.3, -0.25) is 9.97 Å². The van der Waals surface area contributed by atoms with E-state index in [0.717, 1.165) is 15.7 Å². The molecule has 4 rings (SSSR count). The molecule has 0 saturated carbocycles. The van der Waals surface area contributed by atoms with Gasteiger partial charge in [-0.1, -0.05) is 6.07 Å². The first-order chi connectivity index (χ1) is 11.1. The summed E-state index contributed by atoms with van der Waals surface area (Å²) in [4.78, 5) is 8.38. The van der Waals surface area contributed by atoms with Crippen LogP contribution in [0.4, 0.5) is 8.78 Å². The molecule has 0 spiro atoms. The van der Waals surface area contributed by atoms with Crippen LogP contribution in [-0.2, 0) is 27.2 Å². The second-order valence-corrected chi connectivity index (χ2v) is 5.04. The van der Waals surface area contributed by atoms with Crippen LogP contribution in [0.1, 0.15) is 0 Å². The van der Waals surface area contributed by atoms with E-state index in [4.69, 9.17) is 0 Å². The van der Waals surface area contributed by atoms with Crippen LogP contribution in [0.2, 0.25) is 0 Å². The van der Waals surface area contributed by atoms with E-state index in [1.54, 1.807) is 18.5 Å². The Kier molecular flexibility index (Phi) is 4.26. The van der Waals surface area contributed by atoms with Gasteiger partial charge in [0.15, 0.2) is 11.6 Å². The minimum absolute atomic E-state index is 0. The van der Waals surface area contributed by atoms with E-state index in [-0.39, 0.29) is 25.8 Å². The molecule has 8 heteroatoms. The number of aromatic nitrogens is 5. The van der Waals surface area contributed by atoms with Crippen LogP contribution in [0.25, 0.3) is 28.1 Å². The molecule has 0 atom stereocenters. The molecule has 0 aliphatic heterocycles. The van der Waals surface area contributed by atoms with Crippen LogP contribution < -0.4 is 0 Å². The molecule has 0 saturated heterocycles. The molecule has 0 N–H and O–H groups in total. The zero-order chi connectivity index (χ0) is 16.0. The SMILES string of the molecule is Cn1cnc2cc(-c3ncnn3-c3c(F)cccc3F)[c-]cc21.[Ir]. The third kappa shape index (κ3) is 2.53. The molecular formula is C16H10F2IrN5-. The topological polar surface area (TPSA) is 48.5 Å². The first-order valence-corrected chi connectivity index (χ1v) is 6.82. The summed E-state index contributed by atoms with van der Waals surface area (Å²) in [5.41, 5.74) is 1.92. The molecule has 0 unspecified atom stereocenters. The number of para-hydroxylation sites is 1. The van der Waals surface area contributed by atoms with Crippen LogP contribution in [0, 0.1) is 17.7 Å². The number of rotatable bonds is 2. The molecule has 24 heavy (non-hydrogen) atoms. The Morgan fingerprint density at radius 2 is 1.88 bits per heavy atom. The third-order valence-corrected chi connectivity index (χ3v) is 3.60. The first-order valence-electron chi connectivity index (χ1n) is 6.82. The van der Waals surface area contributed by atoms with Gasteiger partial charge in [0.05, 0.1) is 12.2 Å². The molecule has 0 aliphatic carbocycles. The summed E-state index contributed by atoms with van der Waals surface area (Å²) in [6.45, 7) is 0. The van der Waals surface area contributed by atoms with Crippen LogP contribution in [-0.4, -0.2) is 24.3 Å². The fraction of sp³-hybridized carbons (Fsp3) is 0.0625. The molecule has 5 nitrogen and oxygen atoms in total. The van der Waals surface area contributed by atoms with Gasteiger partial charge in [-0.15, -0.1) is 23.8 Å². The minimum atomic E-state index is -0.712. The van der Waals surface area contributed by atoms with Crippen molar-refractivity contribution in [2.45, 2.75) is 0 Å². The van der Waals surface area contributed by atoms with Crippen molar-refractivity contribution >= 4 is 11.0 Å². The van der Waals surface area contributed by atoms with Crippen molar-refractivity contribution in [2.75, 3.05) is 0 Å². The van der Waals surface area contributed by atoms with Gasteiger partial charge >= 0.3 is 0 Å². The minimum Gasteiger partial charge on any atom is -0.373 e.